The van der Waals surface area contributed by atoms with E-state index < -0.39 is 5.97 Å². The summed E-state index contributed by atoms with van der Waals surface area (Å²) in [5, 5.41) is 20.2. The maximum atomic E-state index is 11.3. The van der Waals surface area contributed by atoms with Crippen molar-refractivity contribution >= 4 is 40.4 Å². The van der Waals surface area contributed by atoms with E-state index in [1.54, 1.807) is 18.2 Å². The van der Waals surface area contributed by atoms with Gasteiger partial charge in [-0.05, 0) is 40.6 Å². The number of nitrogen functional groups attached to an aromatic ring is 1. The van der Waals surface area contributed by atoms with Gasteiger partial charge in [-0.25, -0.2) is 19.4 Å². The lowest BCUT2D eigenvalue weighted by Gasteiger charge is -2.05. The van der Waals surface area contributed by atoms with Crippen molar-refractivity contribution in [3.8, 4) is 11.3 Å². The van der Waals surface area contributed by atoms with Crippen LogP contribution >= 0.6 is 11.6 Å². The van der Waals surface area contributed by atoms with E-state index >= 15 is 0 Å². The topological polar surface area (TPSA) is 180 Å². The fraction of sp³-hybridized carbons (Fsp3) is 0. The summed E-state index contributed by atoms with van der Waals surface area (Å²) >= 11 is 5.90. The van der Waals surface area contributed by atoms with Gasteiger partial charge in [-0.2, -0.15) is 5.10 Å². The molecule has 0 saturated heterocycles. The maximum Gasteiger partial charge on any atom is 0.337 e. The Hall–Kier alpha value is -3.99. The molecule has 0 radical (unpaired) electrons. The third-order valence-electron chi connectivity index (χ3n) is 3.82. The number of carboxylic acids is 1. The van der Waals surface area contributed by atoms with Crippen molar-refractivity contribution in [1.82, 2.24) is 20.3 Å². The van der Waals surface area contributed by atoms with Crippen LogP contribution < -0.4 is 11.6 Å². The smallest absolute Gasteiger partial charge is 0.337 e. The van der Waals surface area contributed by atoms with Gasteiger partial charge in [0.2, 0.25) is 11.3 Å². The second-order valence-electron chi connectivity index (χ2n) is 5.51. The number of rotatable bonds is 4. The average Bonchev–Trinajstić information content (AvgIpc) is 3.32. The summed E-state index contributed by atoms with van der Waals surface area (Å²) in [6.07, 6.45) is 0. The van der Waals surface area contributed by atoms with Crippen molar-refractivity contribution in [2.45, 2.75) is 0 Å². The number of carbonyl (C=O) groups is 1. The molecule has 0 saturated carbocycles. The molecule has 0 fully saturated rings. The van der Waals surface area contributed by atoms with Gasteiger partial charge >= 0.3 is 5.97 Å². The molecule has 5 N–H and O–H groups in total. The van der Waals surface area contributed by atoms with E-state index in [-0.39, 0.29) is 44.9 Å². The predicted octanol–water partition coefficient (Wildman–Crippen LogP) is 1.92. The molecule has 11 nitrogen and oxygen atoms in total. The van der Waals surface area contributed by atoms with E-state index in [1.165, 1.54) is 12.1 Å². The number of furan rings is 1. The molecule has 0 atom stereocenters. The summed E-state index contributed by atoms with van der Waals surface area (Å²) in [6.45, 7) is 0. The van der Waals surface area contributed by atoms with E-state index in [9.17, 15) is 9.90 Å². The molecule has 0 unspecified atom stereocenters. The Bertz CT molecular complexity index is 1250. The molecule has 1 aromatic carbocycles. The Morgan fingerprint density at radius 3 is 2.61 bits per heavy atom. The molecule has 0 aliphatic rings. The maximum absolute atomic E-state index is 11.3. The van der Waals surface area contributed by atoms with Crippen LogP contribution in [0, 0.1) is 0 Å². The highest BCUT2D eigenvalue weighted by Gasteiger charge is 2.21. The summed E-state index contributed by atoms with van der Waals surface area (Å²) in [4.78, 5) is 19.5. The minimum atomic E-state index is -1.15. The second-order valence-corrected chi connectivity index (χ2v) is 5.92. The number of hydrogen-bond acceptors (Lipinski definition) is 10. The number of benzene rings is 1. The first-order chi connectivity index (χ1) is 13.5. The molecular formula is C16H10ClN7O4. The van der Waals surface area contributed by atoms with Crippen LogP contribution in [0.5, 0.6) is 0 Å². The third-order valence-corrected chi connectivity index (χ3v) is 4.14. The van der Waals surface area contributed by atoms with Gasteiger partial charge in [0.15, 0.2) is 17.3 Å². The van der Waals surface area contributed by atoms with Crippen molar-refractivity contribution < 1.29 is 18.9 Å². The van der Waals surface area contributed by atoms with Crippen LogP contribution in [0.1, 0.15) is 21.8 Å². The number of hydrogen-bond donors (Lipinski definition) is 3. The zero-order valence-corrected chi connectivity index (χ0v) is 14.6. The molecule has 0 bridgehead atoms. The molecule has 0 aliphatic carbocycles. The average molecular weight is 400 g/mol. The monoisotopic (exact) mass is 399 g/mol. The Balaban J connectivity index is 1.76. The van der Waals surface area contributed by atoms with Gasteiger partial charge in [0, 0.05) is 5.56 Å². The highest BCUT2D eigenvalue weighted by Crippen LogP contribution is 2.28. The van der Waals surface area contributed by atoms with Gasteiger partial charge in [0.05, 0.1) is 10.6 Å². The SMILES string of the molecule is N/N=C(\c1ccc(-c2ccc(Cl)c(C(=O)O)c2)o1)c1nc2nonc2nc1N. The van der Waals surface area contributed by atoms with Crippen LogP contribution in [0.2, 0.25) is 5.02 Å². The van der Waals surface area contributed by atoms with E-state index in [2.05, 4.69) is 30.0 Å². The number of aromatic nitrogens is 4. The molecule has 0 spiro atoms. The van der Waals surface area contributed by atoms with Crippen LogP contribution in [0.25, 0.3) is 22.6 Å². The minimum Gasteiger partial charge on any atom is -0.478 e. The third kappa shape index (κ3) is 2.89. The first-order valence-corrected chi connectivity index (χ1v) is 8.03. The summed E-state index contributed by atoms with van der Waals surface area (Å²) in [5.41, 5.74) is 6.87. The van der Waals surface area contributed by atoms with Crippen LogP contribution in [0.15, 0.2) is 44.5 Å². The van der Waals surface area contributed by atoms with E-state index in [0.717, 1.165) is 0 Å². The van der Waals surface area contributed by atoms with Crippen LogP contribution in [0.3, 0.4) is 0 Å². The molecule has 4 aromatic rings. The summed E-state index contributed by atoms with van der Waals surface area (Å²) in [6, 6.07) is 7.69. The number of fused-ring (bicyclic) bond motifs is 1. The standard InChI is InChI=1S/C16H10ClN7O4/c17-8-2-1-6(5-7(8)16(25)26)9-3-4-10(27-9)11(22-19)12-13(18)21-15-14(20-12)23-28-24-15/h1-5H,19H2,(H,25,26)(H2,18,21,24)/b22-11+. The zero-order chi connectivity index (χ0) is 19.8. The van der Waals surface area contributed by atoms with Crippen molar-refractivity contribution in [3.05, 3.63) is 52.4 Å². The fourth-order valence-electron chi connectivity index (χ4n) is 2.53. The number of nitrogens with zero attached hydrogens (tertiary/aromatic N) is 5. The molecule has 4 rings (SSSR count). The highest BCUT2D eigenvalue weighted by molar-refractivity contribution is 6.33. The van der Waals surface area contributed by atoms with Gasteiger partial charge in [0.1, 0.15) is 11.5 Å². The highest BCUT2D eigenvalue weighted by atomic mass is 35.5. The predicted molar refractivity (Wildman–Crippen MR) is 97.7 cm³/mol. The molecule has 3 aromatic heterocycles. The van der Waals surface area contributed by atoms with Crippen LogP contribution in [0.4, 0.5) is 5.82 Å². The number of hydrazone groups is 1. The lowest BCUT2D eigenvalue weighted by atomic mass is 10.1. The van der Waals surface area contributed by atoms with Crippen molar-refractivity contribution in [2.75, 3.05) is 5.73 Å². The van der Waals surface area contributed by atoms with Crippen molar-refractivity contribution in [3.63, 3.8) is 0 Å². The first-order valence-electron chi connectivity index (χ1n) is 7.65. The summed E-state index contributed by atoms with van der Waals surface area (Å²) in [5.74, 6) is 4.96. The van der Waals surface area contributed by atoms with E-state index in [4.69, 9.17) is 27.6 Å². The molecule has 0 amide bonds. The number of nitrogens with two attached hydrogens (primary N) is 2. The minimum absolute atomic E-state index is 0.00464. The first kappa shape index (κ1) is 17.4. The van der Waals surface area contributed by atoms with Gasteiger partial charge in [0.25, 0.3) is 0 Å². The number of aromatic carboxylic acids is 1. The molecule has 28 heavy (non-hydrogen) atoms. The van der Waals surface area contributed by atoms with Gasteiger partial charge in [-0.3, -0.25) is 0 Å². The Morgan fingerprint density at radius 2 is 1.89 bits per heavy atom. The summed E-state index contributed by atoms with van der Waals surface area (Å²) < 4.78 is 10.3. The van der Waals surface area contributed by atoms with Crippen molar-refractivity contribution in [2.24, 2.45) is 10.9 Å². The second kappa shape index (κ2) is 6.63. The molecule has 140 valence electrons. The zero-order valence-electron chi connectivity index (χ0n) is 13.8. The Morgan fingerprint density at radius 1 is 1.14 bits per heavy atom. The Labute approximate surface area is 160 Å². The van der Waals surface area contributed by atoms with Gasteiger partial charge in [-0.15, -0.1) is 0 Å². The largest absolute Gasteiger partial charge is 0.478 e. The van der Waals surface area contributed by atoms with Crippen LogP contribution in [-0.2, 0) is 0 Å². The number of carboxylic acid groups (broad SMARTS) is 1. The van der Waals surface area contributed by atoms with Crippen LogP contribution in [-0.4, -0.2) is 37.1 Å². The van der Waals surface area contributed by atoms with Gasteiger partial charge < -0.3 is 21.1 Å². The molecule has 0 aliphatic heterocycles. The Kier molecular flexibility index (Phi) is 4.12. The van der Waals surface area contributed by atoms with Crippen molar-refractivity contribution in [1.29, 1.82) is 0 Å². The lowest BCUT2D eigenvalue weighted by Crippen LogP contribution is -2.12. The molecular weight excluding hydrogens is 390 g/mol. The van der Waals surface area contributed by atoms with E-state index in [1.807, 2.05) is 0 Å². The normalized spacial score (nSPS) is 11.8. The van der Waals surface area contributed by atoms with E-state index in [0.29, 0.717) is 11.3 Å². The quantitative estimate of drug-likeness (QED) is 0.260. The molecule has 12 heteroatoms. The van der Waals surface area contributed by atoms with Gasteiger partial charge in [-0.1, -0.05) is 11.6 Å². The lowest BCUT2D eigenvalue weighted by molar-refractivity contribution is 0.0697. The fourth-order valence-corrected chi connectivity index (χ4v) is 2.73. The summed E-state index contributed by atoms with van der Waals surface area (Å²) in [7, 11) is 0. The molecule has 3 heterocycles. The number of halogens is 1. The number of anilines is 1.